The van der Waals surface area contributed by atoms with Gasteiger partial charge in [-0.3, -0.25) is 9.78 Å². The minimum Gasteiger partial charge on any atom is -0.315 e. The first kappa shape index (κ1) is 18.1. The van der Waals surface area contributed by atoms with Gasteiger partial charge in [0.05, 0.1) is 5.75 Å². The van der Waals surface area contributed by atoms with E-state index in [2.05, 4.69) is 26.7 Å². The summed E-state index contributed by atoms with van der Waals surface area (Å²) in [4.78, 5) is 18.2. The van der Waals surface area contributed by atoms with Gasteiger partial charge in [-0.25, -0.2) is 0 Å². The van der Waals surface area contributed by atoms with Crippen molar-refractivity contribution in [2.45, 2.75) is 25.0 Å². The summed E-state index contributed by atoms with van der Waals surface area (Å²) in [5.74, 6) is 1.14. The molecule has 3 rings (SSSR count). The highest BCUT2D eigenvalue weighted by Crippen LogP contribution is 2.24. The Balaban J connectivity index is 1.74. The Morgan fingerprint density at radius 3 is 2.54 bits per heavy atom. The standard InChI is InChI=1S/C19H21N5OS/c1-3-13-24-18(15-9-11-20-12-10-15)21-22-19(24)26-14-17(25)23(2)16-7-5-4-6-8-16/h4-12H,3,13-14H2,1-2H3. The molecule has 0 unspecified atom stereocenters. The van der Waals surface area contributed by atoms with Gasteiger partial charge >= 0.3 is 0 Å². The molecule has 6 nitrogen and oxygen atoms in total. The molecular formula is C19H21N5OS. The first-order chi connectivity index (χ1) is 12.7. The van der Waals surface area contributed by atoms with Crippen LogP contribution in [0.2, 0.25) is 0 Å². The fourth-order valence-electron chi connectivity index (χ4n) is 2.55. The SMILES string of the molecule is CCCn1c(SCC(=O)N(C)c2ccccc2)nnc1-c1ccncc1. The van der Waals surface area contributed by atoms with E-state index in [-0.39, 0.29) is 5.91 Å². The average Bonchev–Trinajstić information content (AvgIpc) is 3.10. The number of carbonyl (C=O) groups is 1. The van der Waals surface area contributed by atoms with Gasteiger partial charge in [-0.05, 0) is 30.7 Å². The molecule has 0 aliphatic carbocycles. The quantitative estimate of drug-likeness (QED) is 0.598. The highest BCUT2D eigenvalue weighted by atomic mass is 32.2. The molecule has 26 heavy (non-hydrogen) atoms. The molecule has 0 aliphatic rings. The van der Waals surface area contributed by atoms with Crippen LogP contribution in [0, 0.1) is 0 Å². The molecule has 134 valence electrons. The van der Waals surface area contributed by atoms with Crippen molar-refractivity contribution in [1.82, 2.24) is 19.7 Å². The molecule has 0 N–H and O–H groups in total. The van der Waals surface area contributed by atoms with Gasteiger partial charge in [0.1, 0.15) is 0 Å². The number of aromatic nitrogens is 4. The zero-order valence-corrected chi connectivity index (χ0v) is 15.7. The number of amides is 1. The van der Waals surface area contributed by atoms with Gasteiger partial charge in [0.2, 0.25) is 5.91 Å². The number of nitrogens with zero attached hydrogens (tertiary/aromatic N) is 5. The summed E-state index contributed by atoms with van der Waals surface area (Å²) in [6, 6.07) is 13.5. The minimum atomic E-state index is 0.0257. The number of hydrogen-bond acceptors (Lipinski definition) is 5. The van der Waals surface area contributed by atoms with Gasteiger partial charge in [0.15, 0.2) is 11.0 Å². The predicted molar refractivity (Wildman–Crippen MR) is 104 cm³/mol. The third-order valence-electron chi connectivity index (χ3n) is 3.94. The van der Waals surface area contributed by atoms with Crippen molar-refractivity contribution in [3.63, 3.8) is 0 Å². The van der Waals surface area contributed by atoms with Crippen LogP contribution in [0.4, 0.5) is 5.69 Å². The van der Waals surface area contributed by atoms with Crippen molar-refractivity contribution >= 4 is 23.4 Å². The van der Waals surface area contributed by atoms with E-state index >= 15 is 0 Å². The number of thioether (sulfide) groups is 1. The van der Waals surface area contributed by atoms with Crippen LogP contribution in [-0.2, 0) is 11.3 Å². The molecule has 7 heteroatoms. The van der Waals surface area contributed by atoms with Crippen LogP contribution >= 0.6 is 11.8 Å². The van der Waals surface area contributed by atoms with Crippen molar-refractivity contribution in [2.75, 3.05) is 17.7 Å². The molecule has 0 aliphatic heterocycles. The van der Waals surface area contributed by atoms with Crippen LogP contribution in [0.15, 0.2) is 60.0 Å². The van der Waals surface area contributed by atoms with E-state index in [4.69, 9.17) is 0 Å². The van der Waals surface area contributed by atoms with Crippen LogP contribution in [-0.4, -0.2) is 38.5 Å². The normalized spacial score (nSPS) is 10.7. The summed E-state index contributed by atoms with van der Waals surface area (Å²) in [5, 5.41) is 9.38. The lowest BCUT2D eigenvalue weighted by Crippen LogP contribution is -2.27. The number of hydrogen-bond donors (Lipinski definition) is 0. The molecule has 0 atom stereocenters. The maximum absolute atomic E-state index is 12.5. The van der Waals surface area contributed by atoms with E-state index in [9.17, 15) is 4.79 Å². The zero-order chi connectivity index (χ0) is 18.4. The highest BCUT2D eigenvalue weighted by molar-refractivity contribution is 7.99. The van der Waals surface area contributed by atoms with Crippen molar-refractivity contribution in [1.29, 1.82) is 0 Å². The topological polar surface area (TPSA) is 63.9 Å². The molecule has 0 fully saturated rings. The van der Waals surface area contributed by atoms with E-state index < -0.39 is 0 Å². The largest absolute Gasteiger partial charge is 0.315 e. The maximum Gasteiger partial charge on any atom is 0.237 e. The molecule has 0 bridgehead atoms. The summed E-state index contributed by atoms with van der Waals surface area (Å²) in [6.07, 6.45) is 4.44. The number of benzene rings is 1. The molecule has 0 spiro atoms. The number of rotatable bonds is 7. The average molecular weight is 367 g/mol. The lowest BCUT2D eigenvalue weighted by Gasteiger charge is -2.17. The lowest BCUT2D eigenvalue weighted by molar-refractivity contribution is -0.115. The molecule has 0 radical (unpaired) electrons. The Morgan fingerprint density at radius 2 is 1.85 bits per heavy atom. The summed E-state index contributed by atoms with van der Waals surface area (Å²) < 4.78 is 2.07. The second kappa shape index (κ2) is 8.62. The van der Waals surface area contributed by atoms with E-state index in [1.807, 2.05) is 42.5 Å². The Labute approximate surface area is 157 Å². The predicted octanol–water partition coefficient (Wildman–Crippen LogP) is 3.51. The van der Waals surface area contributed by atoms with E-state index in [1.54, 1.807) is 24.3 Å². The fraction of sp³-hybridized carbons (Fsp3) is 0.263. The highest BCUT2D eigenvalue weighted by Gasteiger charge is 2.17. The molecule has 1 amide bonds. The Kier molecular flexibility index (Phi) is 6.01. The molecule has 2 aromatic heterocycles. The first-order valence-electron chi connectivity index (χ1n) is 8.48. The molecule has 1 aromatic carbocycles. The van der Waals surface area contributed by atoms with Crippen LogP contribution in [0.5, 0.6) is 0 Å². The number of anilines is 1. The van der Waals surface area contributed by atoms with Crippen LogP contribution in [0.3, 0.4) is 0 Å². The third-order valence-corrected chi connectivity index (χ3v) is 4.90. The molecule has 0 saturated carbocycles. The Hall–Kier alpha value is -2.67. The zero-order valence-electron chi connectivity index (χ0n) is 14.9. The van der Waals surface area contributed by atoms with E-state index in [1.165, 1.54) is 11.8 Å². The van der Waals surface area contributed by atoms with Crippen molar-refractivity contribution in [3.8, 4) is 11.4 Å². The number of pyridine rings is 1. The second-order valence-electron chi connectivity index (χ2n) is 5.77. The van der Waals surface area contributed by atoms with Crippen LogP contribution < -0.4 is 4.90 Å². The maximum atomic E-state index is 12.5. The Morgan fingerprint density at radius 1 is 1.12 bits per heavy atom. The fourth-order valence-corrected chi connectivity index (χ4v) is 3.43. The van der Waals surface area contributed by atoms with Gasteiger partial charge in [-0.1, -0.05) is 36.9 Å². The summed E-state index contributed by atoms with van der Waals surface area (Å²) in [6.45, 7) is 2.91. The monoisotopic (exact) mass is 367 g/mol. The van der Waals surface area contributed by atoms with Crippen LogP contribution in [0.25, 0.3) is 11.4 Å². The smallest absolute Gasteiger partial charge is 0.237 e. The van der Waals surface area contributed by atoms with Gasteiger partial charge in [-0.2, -0.15) is 0 Å². The summed E-state index contributed by atoms with van der Waals surface area (Å²) >= 11 is 1.42. The van der Waals surface area contributed by atoms with Gasteiger partial charge in [0.25, 0.3) is 0 Å². The summed E-state index contributed by atoms with van der Waals surface area (Å²) in [5.41, 5.74) is 1.85. The molecule has 2 heterocycles. The van der Waals surface area contributed by atoms with Gasteiger partial charge in [-0.15, -0.1) is 10.2 Å². The number of para-hydroxylation sites is 1. The molecule has 0 saturated heterocycles. The molecular weight excluding hydrogens is 346 g/mol. The molecule has 3 aromatic rings. The number of carbonyl (C=O) groups excluding carboxylic acids is 1. The van der Waals surface area contributed by atoms with Crippen molar-refractivity contribution in [2.24, 2.45) is 0 Å². The summed E-state index contributed by atoms with van der Waals surface area (Å²) in [7, 11) is 1.79. The van der Waals surface area contributed by atoms with Gasteiger partial charge in [0, 0.05) is 37.2 Å². The third kappa shape index (κ3) is 4.11. The van der Waals surface area contributed by atoms with Crippen LogP contribution in [0.1, 0.15) is 13.3 Å². The lowest BCUT2D eigenvalue weighted by atomic mass is 10.2. The van der Waals surface area contributed by atoms with Gasteiger partial charge < -0.3 is 9.47 Å². The minimum absolute atomic E-state index is 0.0257. The van der Waals surface area contributed by atoms with Crippen molar-refractivity contribution in [3.05, 3.63) is 54.9 Å². The van der Waals surface area contributed by atoms with Crippen molar-refractivity contribution < 1.29 is 4.79 Å². The Bertz CT molecular complexity index is 851. The first-order valence-corrected chi connectivity index (χ1v) is 9.47. The van der Waals surface area contributed by atoms with E-state index in [0.29, 0.717) is 5.75 Å². The second-order valence-corrected chi connectivity index (χ2v) is 6.71. The van der Waals surface area contributed by atoms with E-state index in [0.717, 1.165) is 35.2 Å².